The molecule has 1 aromatic rings. The highest BCUT2D eigenvalue weighted by Gasteiger charge is 2.39. The highest BCUT2D eigenvalue weighted by atomic mass is 79.9. The molecule has 1 aliphatic rings. The largest absolute Gasteiger partial charge is 0.385 e. The van der Waals surface area contributed by atoms with Gasteiger partial charge in [0.15, 0.2) is 0 Å². The van der Waals surface area contributed by atoms with Crippen molar-refractivity contribution in [1.29, 1.82) is 0 Å². The Labute approximate surface area is 110 Å². The van der Waals surface area contributed by atoms with Gasteiger partial charge in [0.25, 0.3) is 0 Å². The molecule has 0 bridgehead atoms. The minimum atomic E-state index is -0.789. The van der Waals surface area contributed by atoms with Crippen LogP contribution in [0.15, 0.2) is 16.6 Å². The van der Waals surface area contributed by atoms with E-state index in [2.05, 4.69) is 26.2 Å². The van der Waals surface area contributed by atoms with E-state index in [1.807, 2.05) is 26.0 Å². The SMILES string of the molecule is Cc1nc(NCC2(O)CCOC2C)ccc1Br. The van der Waals surface area contributed by atoms with Crippen molar-refractivity contribution in [3.63, 3.8) is 0 Å². The predicted octanol–water partition coefficient (Wildman–Crippen LogP) is 2.10. The summed E-state index contributed by atoms with van der Waals surface area (Å²) in [4.78, 5) is 4.38. The summed E-state index contributed by atoms with van der Waals surface area (Å²) in [5.74, 6) is 0.776. The number of hydrogen-bond acceptors (Lipinski definition) is 4. The van der Waals surface area contributed by atoms with Crippen molar-refractivity contribution >= 4 is 21.7 Å². The van der Waals surface area contributed by atoms with E-state index in [0.717, 1.165) is 16.0 Å². The number of nitrogens with zero attached hydrogens (tertiary/aromatic N) is 1. The summed E-state index contributed by atoms with van der Waals surface area (Å²) in [5.41, 5.74) is 0.139. The van der Waals surface area contributed by atoms with Crippen LogP contribution in [0.4, 0.5) is 5.82 Å². The molecule has 5 heteroatoms. The topological polar surface area (TPSA) is 54.4 Å². The van der Waals surface area contributed by atoms with Crippen molar-refractivity contribution < 1.29 is 9.84 Å². The Morgan fingerprint density at radius 1 is 1.65 bits per heavy atom. The van der Waals surface area contributed by atoms with E-state index in [0.29, 0.717) is 19.6 Å². The van der Waals surface area contributed by atoms with Crippen LogP contribution in [-0.2, 0) is 4.74 Å². The Kier molecular flexibility index (Phi) is 3.70. The van der Waals surface area contributed by atoms with Gasteiger partial charge in [-0.05, 0) is 41.9 Å². The van der Waals surface area contributed by atoms with Crippen LogP contribution in [0.25, 0.3) is 0 Å². The van der Waals surface area contributed by atoms with Gasteiger partial charge in [-0.25, -0.2) is 4.98 Å². The zero-order chi connectivity index (χ0) is 12.5. The second kappa shape index (κ2) is 4.92. The Bertz CT molecular complexity index is 413. The molecule has 2 heterocycles. The van der Waals surface area contributed by atoms with Crippen molar-refractivity contribution in [2.75, 3.05) is 18.5 Å². The molecule has 94 valence electrons. The molecular formula is C12H17BrN2O2. The molecule has 17 heavy (non-hydrogen) atoms. The van der Waals surface area contributed by atoms with Crippen LogP contribution in [0.3, 0.4) is 0 Å². The lowest BCUT2D eigenvalue weighted by molar-refractivity contribution is -0.0176. The average molecular weight is 301 g/mol. The molecule has 1 saturated heterocycles. The Balaban J connectivity index is 2.00. The number of aromatic nitrogens is 1. The number of aliphatic hydroxyl groups is 1. The molecule has 0 amide bonds. The van der Waals surface area contributed by atoms with Crippen LogP contribution in [0.1, 0.15) is 19.0 Å². The quantitative estimate of drug-likeness (QED) is 0.898. The first-order valence-corrected chi connectivity index (χ1v) is 6.51. The molecule has 0 aliphatic carbocycles. The maximum atomic E-state index is 10.3. The fourth-order valence-electron chi connectivity index (χ4n) is 1.89. The third kappa shape index (κ3) is 2.78. The Hall–Kier alpha value is -0.650. The smallest absolute Gasteiger partial charge is 0.126 e. The third-order valence-electron chi connectivity index (χ3n) is 3.26. The number of aryl methyl sites for hydroxylation is 1. The lowest BCUT2D eigenvalue weighted by Crippen LogP contribution is -2.43. The Morgan fingerprint density at radius 2 is 2.41 bits per heavy atom. The number of halogens is 1. The first kappa shape index (κ1) is 12.8. The molecule has 1 fully saturated rings. The fraction of sp³-hybridized carbons (Fsp3) is 0.583. The second-order valence-electron chi connectivity index (χ2n) is 4.48. The highest BCUT2D eigenvalue weighted by molar-refractivity contribution is 9.10. The number of rotatable bonds is 3. The molecule has 0 radical (unpaired) electrons. The normalized spacial score (nSPS) is 28.4. The average Bonchev–Trinajstić information content (AvgIpc) is 2.62. The number of hydrogen-bond donors (Lipinski definition) is 2. The summed E-state index contributed by atoms with van der Waals surface area (Å²) >= 11 is 3.41. The van der Waals surface area contributed by atoms with Gasteiger partial charge in [0.1, 0.15) is 11.4 Å². The first-order valence-electron chi connectivity index (χ1n) is 5.72. The van der Waals surface area contributed by atoms with Crippen LogP contribution in [-0.4, -0.2) is 34.9 Å². The summed E-state index contributed by atoms with van der Waals surface area (Å²) in [6, 6.07) is 3.84. The summed E-state index contributed by atoms with van der Waals surface area (Å²) in [6.45, 7) is 4.91. The van der Waals surface area contributed by atoms with Gasteiger partial charge in [-0.1, -0.05) is 0 Å². The number of anilines is 1. The number of nitrogens with one attached hydrogen (secondary N) is 1. The van der Waals surface area contributed by atoms with E-state index in [9.17, 15) is 5.11 Å². The maximum Gasteiger partial charge on any atom is 0.126 e. The van der Waals surface area contributed by atoms with Crippen molar-refractivity contribution in [3.05, 3.63) is 22.3 Å². The lowest BCUT2D eigenvalue weighted by Gasteiger charge is -2.26. The van der Waals surface area contributed by atoms with Crippen LogP contribution in [0, 0.1) is 6.92 Å². The molecule has 0 saturated carbocycles. The first-order chi connectivity index (χ1) is 8.01. The molecule has 1 aliphatic heterocycles. The second-order valence-corrected chi connectivity index (χ2v) is 5.34. The molecule has 2 unspecified atom stereocenters. The maximum absolute atomic E-state index is 10.3. The van der Waals surface area contributed by atoms with Crippen molar-refractivity contribution in [2.24, 2.45) is 0 Å². The van der Waals surface area contributed by atoms with E-state index >= 15 is 0 Å². The van der Waals surface area contributed by atoms with Crippen LogP contribution < -0.4 is 5.32 Å². The summed E-state index contributed by atoms with van der Waals surface area (Å²) in [6.07, 6.45) is 0.531. The van der Waals surface area contributed by atoms with E-state index in [4.69, 9.17) is 4.74 Å². The fourth-order valence-corrected chi connectivity index (χ4v) is 2.11. The van der Waals surface area contributed by atoms with E-state index < -0.39 is 5.60 Å². The molecule has 0 aromatic carbocycles. The Morgan fingerprint density at radius 3 is 3.00 bits per heavy atom. The van der Waals surface area contributed by atoms with Gasteiger partial charge < -0.3 is 15.2 Å². The summed E-state index contributed by atoms with van der Waals surface area (Å²) in [7, 11) is 0. The highest BCUT2D eigenvalue weighted by Crippen LogP contribution is 2.26. The predicted molar refractivity (Wildman–Crippen MR) is 70.1 cm³/mol. The van der Waals surface area contributed by atoms with E-state index in [1.165, 1.54) is 0 Å². The minimum absolute atomic E-state index is 0.133. The van der Waals surface area contributed by atoms with Gasteiger partial charge in [-0.2, -0.15) is 0 Å². The van der Waals surface area contributed by atoms with E-state index in [-0.39, 0.29) is 6.10 Å². The third-order valence-corrected chi connectivity index (χ3v) is 4.09. The molecule has 2 N–H and O–H groups in total. The zero-order valence-electron chi connectivity index (χ0n) is 10.0. The minimum Gasteiger partial charge on any atom is -0.385 e. The van der Waals surface area contributed by atoms with Crippen LogP contribution in [0.5, 0.6) is 0 Å². The molecule has 2 atom stereocenters. The van der Waals surface area contributed by atoms with Gasteiger partial charge in [-0.15, -0.1) is 0 Å². The summed E-state index contributed by atoms with van der Waals surface area (Å²) < 4.78 is 6.37. The molecular weight excluding hydrogens is 284 g/mol. The van der Waals surface area contributed by atoms with Crippen molar-refractivity contribution in [1.82, 2.24) is 4.98 Å². The number of ether oxygens (including phenoxy) is 1. The molecule has 4 nitrogen and oxygen atoms in total. The van der Waals surface area contributed by atoms with Gasteiger partial charge in [0, 0.05) is 24.0 Å². The van der Waals surface area contributed by atoms with Gasteiger partial charge in [-0.3, -0.25) is 0 Å². The lowest BCUT2D eigenvalue weighted by atomic mass is 9.97. The van der Waals surface area contributed by atoms with Crippen molar-refractivity contribution in [3.8, 4) is 0 Å². The molecule has 1 aromatic heterocycles. The standard InChI is InChI=1S/C12H17BrN2O2/c1-8-10(13)3-4-11(15-8)14-7-12(16)5-6-17-9(12)2/h3-4,9,16H,5-7H2,1-2H3,(H,14,15). The summed E-state index contributed by atoms with van der Waals surface area (Å²) in [5, 5.41) is 13.5. The molecule has 2 rings (SSSR count). The van der Waals surface area contributed by atoms with Crippen molar-refractivity contribution in [2.45, 2.75) is 32.0 Å². The van der Waals surface area contributed by atoms with Gasteiger partial charge in [0.05, 0.1) is 11.8 Å². The molecule has 0 spiro atoms. The monoisotopic (exact) mass is 300 g/mol. The number of pyridine rings is 1. The van der Waals surface area contributed by atoms with Gasteiger partial charge in [0.2, 0.25) is 0 Å². The van der Waals surface area contributed by atoms with Gasteiger partial charge >= 0.3 is 0 Å². The zero-order valence-corrected chi connectivity index (χ0v) is 11.6. The van der Waals surface area contributed by atoms with Crippen LogP contribution >= 0.6 is 15.9 Å². The van der Waals surface area contributed by atoms with Crippen LogP contribution in [0.2, 0.25) is 0 Å². The van der Waals surface area contributed by atoms with E-state index in [1.54, 1.807) is 0 Å².